The zero-order valence-corrected chi connectivity index (χ0v) is 12.9. The smallest absolute Gasteiger partial charge is 0.225 e. The minimum atomic E-state index is -0.107. The number of carbonyl (C=O) groups is 2. The standard InChI is InChI=1S/C19H18N2O2/c1-15(22)21-18-11-9-16(10-12-18)8-5-13-20-19(23)14-17-6-3-2-4-7-17/h2-4,6-7,9-12H,13-14H2,1H3,(H,20,23)(H,21,22). The van der Waals surface area contributed by atoms with Crippen LogP contribution in [0.5, 0.6) is 0 Å². The van der Waals surface area contributed by atoms with Crippen molar-refractivity contribution in [2.75, 3.05) is 11.9 Å². The summed E-state index contributed by atoms with van der Waals surface area (Å²) in [6, 6.07) is 16.8. The molecule has 0 saturated heterocycles. The molecule has 0 aromatic heterocycles. The third kappa shape index (κ3) is 6.06. The van der Waals surface area contributed by atoms with Crippen LogP contribution in [0.1, 0.15) is 18.1 Å². The highest BCUT2D eigenvalue weighted by Crippen LogP contribution is 2.08. The summed E-state index contributed by atoms with van der Waals surface area (Å²) in [6.07, 6.45) is 0.355. The highest BCUT2D eigenvalue weighted by atomic mass is 16.2. The van der Waals surface area contributed by atoms with Crippen molar-refractivity contribution in [2.24, 2.45) is 0 Å². The molecule has 0 heterocycles. The lowest BCUT2D eigenvalue weighted by Gasteiger charge is -2.01. The maximum Gasteiger partial charge on any atom is 0.225 e. The monoisotopic (exact) mass is 306 g/mol. The SMILES string of the molecule is CC(=O)Nc1ccc(C#CCNC(=O)Cc2ccccc2)cc1. The Hall–Kier alpha value is -3.06. The van der Waals surface area contributed by atoms with E-state index >= 15 is 0 Å². The van der Waals surface area contributed by atoms with E-state index in [0.717, 1.165) is 16.8 Å². The topological polar surface area (TPSA) is 58.2 Å². The Kier molecular flexibility index (Phi) is 5.96. The molecule has 0 atom stereocenters. The van der Waals surface area contributed by atoms with Gasteiger partial charge in [-0.1, -0.05) is 42.2 Å². The molecule has 0 bridgehead atoms. The number of rotatable bonds is 4. The van der Waals surface area contributed by atoms with Crippen LogP contribution in [0.2, 0.25) is 0 Å². The molecule has 0 aliphatic heterocycles. The molecule has 0 radical (unpaired) electrons. The summed E-state index contributed by atoms with van der Waals surface area (Å²) in [5, 5.41) is 5.46. The van der Waals surface area contributed by atoms with Gasteiger partial charge in [0.15, 0.2) is 0 Å². The molecular weight excluding hydrogens is 288 g/mol. The van der Waals surface area contributed by atoms with E-state index in [-0.39, 0.29) is 11.8 Å². The first kappa shape index (κ1) is 16.3. The van der Waals surface area contributed by atoms with Crippen molar-refractivity contribution >= 4 is 17.5 Å². The van der Waals surface area contributed by atoms with Gasteiger partial charge in [0.25, 0.3) is 0 Å². The van der Waals surface area contributed by atoms with E-state index in [0.29, 0.717) is 13.0 Å². The fraction of sp³-hybridized carbons (Fsp3) is 0.158. The van der Waals surface area contributed by atoms with E-state index in [2.05, 4.69) is 22.5 Å². The second-order valence-corrected chi connectivity index (χ2v) is 5.00. The maximum atomic E-state index is 11.8. The quantitative estimate of drug-likeness (QED) is 0.852. The number of hydrogen-bond donors (Lipinski definition) is 2. The van der Waals surface area contributed by atoms with Crippen LogP contribution in [0.25, 0.3) is 0 Å². The Morgan fingerprint density at radius 2 is 1.70 bits per heavy atom. The fourth-order valence-electron chi connectivity index (χ4n) is 1.97. The van der Waals surface area contributed by atoms with Crippen molar-refractivity contribution in [2.45, 2.75) is 13.3 Å². The molecule has 0 unspecified atom stereocenters. The molecule has 2 aromatic carbocycles. The first-order valence-electron chi connectivity index (χ1n) is 7.30. The molecule has 4 heteroatoms. The van der Waals surface area contributed by atoms with E-state index in [9.17, 15) is 9.59 Å². The Morgan fingerprint density at radius 1 is 1.00 bits per heavy atom. The van der Waals surface area contributed by atoms with Crippen LogP contribution in [0.3, 0.4) is 0 Å². The summed E-state index contributed by atoms with van der Waals surface area (Å²) in [7, 11) is 0. The molecule has 23 heavy (non-hydrogen) atoms. The average Bonchev–Trinajstić information content (AvgIpc) is 2.53. The van der Waals surface area contributed by atoms with Gasteiger partial charge >= 0.3 is 0 Å². The largest absolute Gasteiger partial charge is 0.345 e. The average molecular weight is 306 g/mol. The molecule has 0 fully saturated rings. The van der Waals surface area contributed by atoms with Crippen molar-refractivity contribution in [3.63, 3.8) is 0 Å². The molecular formula is C19H18N2O2. The van der Waals surface area contributed by atoms with Crippen molar-refractivity contribution in [3.8, 4) is 11.8 Å². The summed E-state index contributed by atoms with van der Waals surface area (Å²) in [5.74, 6) is 5.72. The zero-order valence-electron chi connectivity index (χ0n) is 12.9. The summed E-state index contributed by atoms with van der Waals surface area (Å²) in [6.45, 7) is 1.77. The fourth-order valence-corrected chi connectivity index (χ4v) is 1.97. The normalized spacial score (nSPS) is 9.43. The van der Waals surface area contributed by atoms with E-state index in [1.165, 1.54) is 6.92 Å². The lowest BCUT2D eigenvalue weighted by molar-refractivity contribution is -0.120. The third-order valence-electron chi connectivity index (χ3n) is 3.02. The van der Waals surface area contributed by atoms with Crippen molar-refractivity contribution in [3.05, 3.63) is 65.7 Å². The Labute approximate surface area is 135 Å². The second kappa shape index (κ2) is 8.40. The van der Waals surface area contributed by atoms with Gasteiger partial charge in [-0.05, 0) is 29.8 Å². The number of carbonyl (C=O) groups excluding carboxylic acids is 2. The van der Waals surface area contributed by atoms with Gasteiger partial charge in [0, 0.05) is 18.2 Å². The predicted molar refractivity (Wildman–Crippen MR) is 90.8 cm³/mol. The van der Waals surface area contributed by atoms with Gasteiger partial charge in [-0.25, -0.2) is 0 Å². The van der Waals surface area contributed by atoms with Gasteiger partial charge in [0.1, 0.15) is 0 Å². The van der Waals surface area contributed by atoms with E-state index < -0.39 is 0 Å². The van der Waals surface area contributed by atoms with Gasteiger partial charge < -0.3 is 10.6 Å². The Balaban J connectivity index is 1.79. The molecule has 0 spiro atoms. The minimum Gasteiger partial charge on any atom is -0.345 e. The van der Waals surface area contributed by atoms with Gasteiger partial charge in [-0.15, -0.1) is 0 Å². The molecule has 0 aliphatic rings. The van der Waals surface area contributed by atoms with Crippen molar-refractivity contribution < 1.29 is 9.59 Å². The molecule has 2 aromatic rings. The number of hydrogen-bond acceptors (Lipinski definition) is 2. The number of nitrogens with one attached hydrogen (secondary N) is 2. The first-order chi connectivity index (χ1) is 11.1. The van der Waals surface area contributed by atoms with E-state index in [1.54, 1.807) is 12.1 Å². The van der Waals surface area contributed by atoms with Gasteiger partial charge in [-0.2, -0.15) is 0 Å². The minimum absolute atomic E-state index is 0.0495. The maximum absolute atomic E-state index is 11.8. The summed E-state index contributed by atoms with van der Waals surface area (Å²) >= 11 is 0. The summed E-state index contributed by atoms with van der Waals surface area (Å²) in [5.41, 5.74) is 2.54. The first-order valence-corrected chi connectivity index (χ1v) is 7.30. The Morgan fingerprint density at radius 3 is 2.35 bits per heavy atom. The van der Waals surface area contributed by atoms with E-state index in [4.69, 9.17) is 0 Å². The number of anilines is 1. The van der Waals surface area contributed by atoms with Crippen LogP contribution in [0.15, 0.2) is 54.6 Å². The second-order valence-electron chi connectivity index (χ2n) is 5.00. The van der Waals surface area contributed by atoms with E-state index in [1.807, 2.05) is 42.5 Å². The van der Waals surface area contributed by atoms with Crippen LogP contribution in [0, 0.1) is 11.8 Å². The highest BCUT2D eigenvalue weighted by Gasteiger charge is 2.00. The lowest BCUT2D eigenvalue weighted by atomic mass is 10.1. The number of benzene rings is 2. The molecule has 4 nitrogen and oxygen atoms in total. The van der Waals surface area contributed by atoms with Gasteiger partial charge in [-0.3, -0.25) is 9.59 Å². The summed E-state index contributed by atoms with van der Waals surface area (Å²) in [4.78, 5) is 22.7. The van der Waals surface area contributed by atoms with Crippen LogP contribution < -0.4 is 10.6 Å². The molecule has 2 amide bonds. The predicted octanol–water partition coefficient (Wildman–Crippen LogP) is 2.36. The number of amides is 2. The zero-order chi connectivity index (χ0) is 16.5. The molecule has 2 rings (SSSR count). The highest BCUT2D eigenvalue weighted by molar-refractivity contribution is 5.88. The van der Waals surface area contributed by atoms with Crippen molar-refractivity contribution in [1.82, 2.24) is 5.32 Å². The Bertz CT molecular complexity index is 725. The van der Waals surface area contributed by atoms with Crippen LogP contribution >= 0.6 is 0 Å². The lowest BCUT2D eigenvalue weighted by Crippen LogP contribution is -2.25. The third-order valence-corrected chi connectivity index (χ3v) is 3.02. The van der Waals surface area contributed by atoms with Gasteiger partial charge in [0.05, 0.1) is 13.0 Å². The van der Waals surface area contributed by atoms with Crippen LogP contribution in [-0.4, -0.2) is 18.4 Å². The molecule has 0 saturated carbocycles. The molecule has 116 valence electrons. The van der Waals surface area contributed by atoms with Crippen molar-refractivity contribution in [1.29, 1.82) is 0 Å². The molecule has 0 aliphatic carbocycles. The van der Waals surface area contributed by atoms with Crippen LogP contribution in [-0.2, 0) is 16.0 Å². The van der Waals surface area contributed by atoms with Gasteiger partial charge in [0.2, 0.25) is 11.8 Å². The molecule has 2 N–H and O–H groups in total. The summed E-state index contributed by atoms with van der Waals surface area (Å²) < 4.78 is 0. The van der Waals surface area contributed by atoms with Crippen LogP contribution in [0.4, 0.5) is 5.69 Å².